The van der Waals surface area contributed by atoms with E-state index in [0.717, 1.165) is 6.42 Å². The van der Waals surface area contributed by atoms with E-state index in [0.29, 0.717) is 11.5 Å². The lowest BCUT2D eigenvalue weighted by Gasteiger charge is -2.23. The molecule has 0 amide bonds. The molecule has 0 saturated heterocycles. The zero-order valence-electron chi connectivity index (χ0n) is 11.6. The van der Waals surface area contributed by atoms with Crippen molar-refractivity contribution in [1.29, 1.82) is 0 Å². The molecule has 106 valence electrons. The second-order valence-corrected chi connectivity index (χ2v) is 5.60. The van der Waals surface area contributed by atoms with Gasteiger partial charge >= 0.3 is 0 Å². The summed E-state index contributed by atoms with van der Waals surface area (Å²) < 4.78 is 27.1. The van der Waals surface area contributed by atoms with Crippen LogP contribution in [0.4, 0.5) is 8.78 Å². The summed E-state index contributed by atoms with van der Waals surface area (Å²) in [5, 5.41) is 3.15. The van der Waals surface area contributed by atoms with Gasteiger partial charge in [0.15, 0.2) is 0 Å². The Kier molecular flexibility index (Phi) is 5.32. The smallest absolute Gasteiger partial charge is 0.128 e. The molecule has 0 bridgehead atoms. The van der Waals surface area contributed by atoms with E-state index >= 15 is 0 Å². The van der Waals surface area contributed by atoms with Gasteiger partial charge in [-0.2, -0.15) is 0 Å². The highest BCUT2D eigenvalue weighted by Crippen LogP contribution is 2.32. The number of halogens is 2. The van der Waals surface area contributed by atoms with Gasteiger partial charge in [0, 0.05) is 11.6 Å². The van der Waals surface area contributed by atoms with Gasteiger partial charge in [-0.25, -0.2) is 8.78 Å². The van der Waals surface area contributed by atoms with Gasteiger partial charge in [-0.1, -0.05) is 38.5 Å². The standard InChI is InChI=1S/C16H23F2N/c1-19-16(10-12-6-4-2-3-5-7-12)14-11-13(17)8-9-15(14)18/h8-9,11-12,16,19H,2-7,10H2,1H3. The zero-order chi connectivity index (χ0) is 13.7. The maximum Gasteiger partial charge on any atom is 0.128 e. The van der Waals surface area contributed by atoms with Crippen LogP contribution in [-0.4, -0.2) is 7.05 Å². The van der Waals surface area contributed by atoms with Gasteiger partial charge in [-0.15, -0.1) is 0 Å². The molecule has 0 heterocycles. The van der Waals surface area contributed by atoms with Gasteiger partial charge in [0.2, 0.25) is 0 Å². The Morgan fingerprint density at radius 2 is 1.84 bits per heavy atom. The summed E-state index contributed by atoms with van der Waals surface area (Å²) in [5.41, 5.74) is 0.465. The van der Waals surface area contributed by atoms with E-state index in [1.807, 2.05) is 7.05 Å². The molecule has 1 N–H and O–H groups in total. The Hall–Kier alpha value is -0.960. The van der Waals surface area contributed by atoms with E-state index in [-0.39, 0.29) is 17.7 Å². The average Bonchev–Trinajstić information content (AvgIpc) is 2.67. The quantitative estimate of drug-likeness (QED) is 0.787. The lowest BCUT2D eigenvalue weighted by atomic mass is 9.89. The Balaban J connectivity index is 2.08. The van der Waals surface area contributed by atoms with E-state index in [9.17, 15) is 8.78 Å². The Morgan fingerprint density at radius 1 is 1.16 bits per heavy atom. The summed E-state index contributed by atoms with van der Waals surface area (Å²) in [7, 11) is 1.83. The van der Waals surface area contributed by atoms with E-state index in [1.165, 1.54) is 56.7 Å². The molecule has 1 unspecified atom stereocenters. The summed E-state index contributed by atoms with van der Waals surface area (Å²) >= 11 is 0. The number of nitrogens with one attached hydrogen (secondary N) is 1. The van der Waals surface area contributed by atoms with Crippen LogP contribution in [0, 0.1) is 17.6 Å². The third kappa shape index (κ3) is 4.00. The van der Waals surface area contributed by atoms with Gasteiger partial charge in [0.1, 0.15) is 11.6 Å². The lowest BCUT2D eigenvalue weighted by Crippen LogP contribution is -2.21. The molecule has 1 aliphatic rings. The monoisotopic (exact) mass is 267 g/mol. The van der Waals surface area contributed by atoms with Crippen LogP contribution in [-0.2, 0) is 0 Å². The van der Waals surface area contributed by atoms with Crippen molar-refractivity contribution in [3.8, 4) is 0 Å². The van der Waals surface area contributed by atoms with Crippen LogP contribution < -0.4 is 5.32 Å². The Morgan fingerprint density at radius 3 is 2.47 bits per heavy atom. The molecule has 3 heteroatoms. The fourth-order valence-corrected chi connectivity index (χ4v) is 3.11. The first kappa shape index (κ1) is 14.4. The molecule has 2 rings (SSSR count). The van der Waals surface area contributed by atoms with Crippen LogP contribution >= 0.6 is 0 Å². The van der Waals surface area contributed by atoms with E-state index in [1.54, 1.807) is 0 Å². The highest BCUT2D eigenvalue weighted by molar-refractivity contribution is 5.22. The first-order chi connectivity index (χ1) is 9.20. The molecular formula is C16H23F2N. The molecular weight excluding hydrogens is 244 g/mol. The minimum Gasteiger partial charge on any atom is -0.313 e. The van der Waals surface area contributed by atoms with E-state index < -0.39 is 0 Å². The minimum absolute atomic E-state index is 0.0844. The van der Waals surface area contributed by atoms with Crippen LogP contribution in [0.15, 0.2) is 18.2 Å². The fourth-order valence-electron chi connectivity index (χ4n) is 3.11. The van der Waals surface area contributed by atoms with Crippen molar-refractivity contribution in [2.75, 3.05) is 7.05 Å². The zero-order valence-corrected chi connectivity index (χ0v) is 11.6. The first-order valence-corrected chi connectivity index (χ1v) is 7.33. The Labute approximate surface area is 114 Å². The summed E-state index contributed by atoms with van der Waals surface area (Å²) in [5.74, 6) is -0.0468. The molecule has 1 saturated carbocycles. The molecule has 1 fully saturated rings. The molecule has 1 atom stereocenters. The highest BCUT2D eigenvalue weighted by Gasteiger charge is 2.21. The van der Waals surface area contributed by atoms with Gasteiger partial charge in [0.05, 0.1) is 0 Å². The molecule has 0 aliphatic heterocycles. The predicted molar refractivity (Wildman–Crippen MR) is 74.0 cm³/mol. The van der Waals surface area contributed by atoms with Crippen LogP contribution in [0.3, 0.4) is 0 Å². The number of benzene rings is 1. The first-order valence-electron chi connectivity index (χ1n) is 7.33. The molecule has 0 spiro atoms. The number of hydrogen-bond acceptors (Lipinski definition) is 1. The topological polar surface area (TPSA) is 12.0 Å². The number of hydrogen-bond donors (Lipinski definition) is 1. The van der Waals surface area contributed by atoms with Crippen molar-refractivity contribution in [2.24, 2.45) is 5.92 Å². The fraction of sp³-hybridized carbons (Fsp3) is 0.625. The van der Waals surface area contributed by atoms with Gasteiger partial charge in [-0.3, -0.25) is 0 Å². The van der Waals surface area contributed by atoms with Crippen LogP contribution in [0.25, 0.3) is 0 Å². The maximum atomic E-state index is 13.8. The molecule has 1 aromatic rings. The second-order valence-electron chi connectivity index (χ2n) is 5.60. The normalized spacial score (nSPS) is 19.1. The Bertz CT molecular complexity index is 398. The van der Waals surface area contributed by atoms with E-state index in [4.69, 9.17) is 0 Å². The third-order valence-corrected chi connectivity index (χ3v) is 4.23. The summed E-state index contributed by atoms with van der Waals surface area (Å²) in [4.78, 5) is 0. The SMILES string of the molecule is CNC(CC1CCCCCC1)c1cc(F)ccc1F. The second kappa shape index (κ2) is 6.99. The largest absolute Gasteiger partial charge is 0.313 e. The molecule has 19 heavy (non-hydrogen) atoms. The van der Waals surface area contributed by atoms with Gasteiger partial charge in [0.25, 0.3) is 0 Å². The average molecular weight is 267 g/mol. The van der Waals surface area contributed by atoms with Crippen molar-refractivity contribution < 1.29 is 8.78 Å². The van der Waals surface area contributed by atoms with Crippen molar-refractivity contribution >= 4 is 0 Å². The third-order valence-electron chi connectivity index (χ3n) is 4.23. The highest BCUT2D eigenvalue weighted by atomic mass is 19.1. The van der Waals surface area contributed by atoms with Crippen molar-refractivity contribution in [2.45, 2.75) is 51.0 Å². The summed E-state index contributed by atoms with van der Waals surface area (Å²) in [6.07, 6.45) is 8.50. The summed E-state index contributed by atoms with van der Waals surface area (Å²) in [6, 6.07) is 3.64. The van der Waals surface area contributed by atoms with Gasteiger partial charge < -0.3 is 5.32 Å². The molecule has 0 aromatic heterocycles. The van der Waals surface area contributed by atoms with Crippen molar-refractivity contribution in [1.82, 2.24) is 5.32 Å². The van der Waals surface area contributed by atoms with Crippen LogP contribution in [0.5, 0.6) is 0 Å². The number of rotatable bonds is 4. The van der Waals surface area contributed by atoms with Crippen molar-refractivity contribution in [3.63, 3.8) is 0 Å². The summed E-state index contributed by atoms with van der Waals surface area (Å²) in [6.45, 7) is 0. The van der Waals surface area contributed by atoms with Crippen molar-refractivity contribution in [3.05, 3.63) is 35.4 Å². The minimum atomic E-state index is -0.363. The molecule has 1 aromatic carbocycles. The maximum absolute atomic E-state index is 13.8. The van der Waals surface area contributed by atoms with Gasteiger partial charge in [-0.05, 0) is 37.6 Å². The predicted octanol–water partition coefficient (Wildman–Crippen LogP) is 4.59. The van der Waals surface area contributed by atoms with Crippen LogP contribution in [0.2, 0.25) is 0 Å². The molecule has 1 aliphatic carbocycles. The van der Waals surface area contributed by atoms with E-state index in [2.05, 4.69) is 5.32 Å². The van der Waals surface area contributed by atoms with Crippen LogP contribution in [0.1, 0.15) is 56.6 Å². The molecule has 0 radical (unpaired) electrons. The lowest BCUT2D eigenvalue weighted by molar-refractivity contribution is 0.361. The molecule has 1 nitrogen and oxygen atoms in total.